The van der Waals surface area contributed by atoms with E-state index in [1.165, 1.54) is 6.04 Å². The van der Waals surface area contributed by atoms with Gasteiger partial charge in [-0.3, -0.25) is 0 Å². The standard InChI is InChI=1S/C10H21F5OSi2/c1-17-6-8-18(2)7-4-10(14,15)16-5-3-9(11,12)13/h18H,3-8,17H2,1-2H3. The molecule has 0 amide bonds. The molecule has 0 N–H and O–H groups in total. The van der Waals surface area contributed by atoms with Crippen LogP contribution >= 0.6 is 0 Å². The highest BCUT2D eigenvalue weighted by Crippen LogP contribution is 2.26. The van der Waals surface area contributed by atoms with Crippen LogP contribution in [0.5, 0.6) is 0 Å². The first kappa shape index (κ1) is 18.0. The second kappa shape index (κ2) is 8.26. The summed E-state index contributed by atoms with van der Waals surface area (Å²) < 4.78 is 65.6. The average Bonchev–Trinajstić information content (AvgIpc) is 2.21. The molecule has 8 heteroatoms. The highest BCUT2D eigenvalue weighted by molar-refractivity contribution is 6.58. The number of hydrogen-bond acceptors (Lipinski definition) is 1. The monoisotopic (exact) mass is 308 g/mol. The summed E-state index contributed by atoms with van der Waals surface area (Å²) in [6.07, 6.45) is -9.61. The lowest BCUT2D eigenvalue weighted by atomic mass is 10.4. The molecular weight excluding hydrogens is 287 g/mol. The summed E-state index contributed by atoms with van der Waals surface area (Å²) in [6.45, 7) is 3.24. The van der Waals surface area contributed by atoms with E-state index in [-0.39, 0.29) is 9.52 Å². The van der Waals surface area contributed by atoms with Crippen molar-refractivity contribution >= 4 is 18.3 Å². The zero-order valence-electron chi connectivity index (χ0n) is 10.8. The van der Waals surface area contributed by atoms with Crippen LogP contribution in [0.25, 0.3) is 0 Å². The van der Waals surface area contributed by atoms with Crippen LogP contribution in [0.2, 0.25) is 31.2 Å². The van der Waals surface area contributed by atoms with Gasteiger partial charge in [0.2, 0.25) is 0 Å². The fraction of sp³-hybridized carbons (Fsp3) is 1.00. The maximum absolute atomic E-state index is 13.1. The predicted molar refractivity (Wildman–Crippen MR) is 68.0 cm³/mol. The minimum absolute atomic E-state index is 0.0181. The maximum atomic E-state index is 13.1. The Hall–Kier alpha value is 0.0438. The zero-order chi connectivity index (χ0) is 14.2. The van der Waals surface area contributed by atoms with Gasteiger partial charge in [0.1, 0.15) is 0 Å². The molecule has 0 aromatic rings. The Kier molecular flexibility index (Phi) is 8.28. The van der Waals surface area contributed by atoms with E-state index in [1.807, 2.05) is 6.55 Å². The summed E-state index contributed by atoms with van der Waals surface area (Å²) in [4.78, 5) is 0. The van der Waals surface area contributed by atoms with E-state index in [9.17, 15) is 22.0 Å². The number of ether oxygens (including phenoxy) is 1. The van der Waals surface area contributed by atoms with Crippen molar-refractivity contribution in [3.05, 3.63) is 0 Å². The molecule has 0 rings (SSSR count). The Morgan fingerprint density at radius 1 is 1.06 bits per heavy atom. The van der Waals surface area contributed by atoms with Gasteiger partial charge in [0.25, 0.3) is 0 Å². The molecule has 0 radical (unpaired) electrons. The third-order valence-corrected chi connectivity index (χ3v) is 7.28. The van der Waals surface area contributed by atoms with Crippen LogP contribution < -0.4 is 0 Å². The smallest absolute Gasteiger partial charge is 0.320 e. The van der Waals surface area contributed by atoms with Crippen molar-refractivity contribution in [3.63, 3.8) is 0 Å². The molecule has 0 saturated carbocycles. The molecule has 0 saturated heterocycles. The van der Waals surface area contributed by atoms with Crippen molar-refractivity contribution in [1.82, 2.24) is 0 Å². The van der Waals surface area contributed by atoms with Crippen molar-refractivity contribution in [2.75, 3.05) is 6.61 Å². The van der Waals surface area contributed by atoms with E-state index in [0.717, 1.165) is 6.04 Å². The molecule has 0 spiro atoms. The normalized spacial score (nSPS) is 15.5. The van der Waals surface area contributed by atoms with E-state index >= 15 is 0 Å². The summed E-state index contributed by atoms with van der Waals surface area (Å²) >= 11 is 0. The van der Waals surface area contributed by atoms with Crippen molar-refractivity contribution in [2.45, 2.75) is 56.4 Å². The highest BCUT2D eigenvalue weighted by atomic mass is 28.3. The van der Waals surface area contributed by atoms with Gasteiger partial charge in [-0.2, -0.15) is 22.0 Å². The van der Waals surface area contributed by atoms with Crippen LogP contribution in [0.4, 0.5) is 22.0 Å². The number of rotatable bonds is 9. The van der Waals surface area contributed by atoms with E-state index in [4.69, 9.17) is 0 Å². The summed E-state index contributed by atoms with van der Waals surface area (Å²) in [5, 5.41) is 0. The van der Waals surface area contributed by atoms with Crippen LogP contribution in [0.1, 0.15) is 12.8 Å². The number of alkyl halides is 5. The Morgan fingerprint density at radius 2 is 1.67 bits per heavy atom. The Labute approximate surface area is 109 Å². The fourth-order valence-electron chi connectivity index (χ4n) is 1.50. The van der Waals surface area contributed by atoms with Crippen LogP contribution in [-0.4, -0.2) is 37.2 Å². The molecule has 0 aromatic heterocycles. The molecule has 0 aliphatic rings. The molecule has 110 valence electrons. The van der Waals surface area contributed by atoms with Crippen LogP contribution in [0.3, 0.4) is 0 Å². The van der Waals surface area contributed by atoms with Crippen LogP contribution in [-0.2, 0) is 4.74 Å². The molecule has 0 fully saturated rings. The average molecular weight is 308 g/mol. The third kappa shape index (κ3) is 11.2. The molecular formula is C10H21F5OSi2. The summed E-state index contributed by atoms with van der Waals surface area (Å²) in [5.41, 5.74) is 0. The van der Waals surface area contributed by atoms with Gasteiger partial charge in [-0.05, 0) is 0 Å². The lowest BCUT2D eigenvalue weighted by molar-refractivity contribution is -0.252. The zero-order valence-corrected chi connectivity index (χ0v) is 13.4. The van der Waals surface area contributed by atoms with Crippen molar-refractivity contribution < 1.29 is 26.7 Å². The fourth-order valence-corrected chi connectivity index (χ4v) is 7.04. The van der Waals surface area contributed by atoms with Gasteiger partial charge < -0.3 is 4.74 Å². The van der Waals surface area contributed by atoms with Crippen molar-refractivity contribution in [2.24, 2.45) is 0 Å². The van der Waals surface area contributed by atoms with Gasteiger partial charge in [0.05, 0.1) is 13.0 Å². The van der Waals surface area contributed by atoms with Gasteiger partial charge in [-0.25, -0.2) is 0 Å². The topological polar surface area (TPSA) is 9.23 Å². The third-order valence-electron chi connectivity index (χ3n) is 2.68. The quantitative estimate of drug-likeness (QED) is 0.468. The molecule has 18 heavy (non-hydrogen) atoms. The van der Waals surface area contributed by atoms with Crippen LogP contribution in [0, 0.1) is 0 Å². The van der Waals surface area contributed by atoms with Gasteiger partial charge in [0.15, 0.2) is 0 Å². The summed E-state index contributed by atoms with van der Waals surface area (Å²) in [5.74, 6) is 0. The largest absolute Gasteiger partial charge is 0.391 e. The second-order valence-corrected chi connectivity index (χ2v) is 9.71. The maximum Gasteiger partial charge on any atom is 0.391 e. The minimum atomic E-state index is -4.44. The van der Waals surface area contributed by atoms with Crippen molar-refractivity contribution in [1.29, 1.82) is 0 Å². The molecule has 0 heterocycles. The second-order valence-electron chi connectivity index (χ2n) is 4.64. The Bertz CT molecular complexity index is 223. The molecule has 0 aromatic carbocycles. The van der Waals surface area contributed by atoms with E-state index in [2.05, 4.69) is 11.3 Å². The van der Waals surface area contributed by atoms with E-state index in [0.29, 0.717) is 6.04 Å². The van der Waals surface area contributed by atoms with Gasteiger partial charge in [0, 0.05) is 24.7 Å². The molecule has 0 bridgehead atoms. The number of halogens is 5. The molecule has 1 unspecified atom stereocenters. The van der Waals surface area contributed by atoms with Gasteiger partial charge >= 0.3 is 12.3 Å². The lowest BCUT2D eigenvalue weighted by Gasteiger charge is -2.19. The van der Waals surface area contributed by atoms with E-state index in [1.54, 1.807) is 0 Å². The summed E-state index contributed by atoms with van der Waals surface area (Å²) in [6, 6.07) is 2.66. The Morgan fingerprint density at radius 3 is 2.17 bits per heavy atom. The minimum Gasteiger partial charge on any atom is -0.320 e. The van der Waals surface area contributed by atoms with Crippen molar-refractivity contribution in [3.8, 4) is 0 Å². The van der Waals surface area contributed by atoms with Crippen LogP contribution in [0.15, 0.2) is 0 Å². The lowest BCUT2D eigenvalue weighted by Crippen LogP contribution is -2.25. The number of hydrogen-bond donors (Lipinski definition) is 0. The van der Waals surface area contributed by atoms with Gasteiger partial charge in [-0.1, -0.05) is 31.2 Å². The summed E-state index contributed by atoms with van der Waals surface area (Å²) in [7, 11) is -1.15. The highest BCUT2D eigenvalue weighted by Gasteiger charge is 2.33. The predicted octanol–water partition coefficient (Wildman–Crippen LogP) is 3.43. The molecule has 0 aliphatic heterocycles. The first-order valence-electron chi connectivity index (χ1n) is 6.25. The molecule has 0 aliphatic carbocycles. The van der Waals surface area contributed by atoms with E-state index < -0.39 is 40.5 Å². The molecule has 1 atom stereocenters. The first-order valence-corrected chi connectivity index (χ1v) is 11.4. The van der Waals surface area contributed by atoms with Gasteiger partial charge in [-0.15, -0.1) is 0 Å². The SMILES string of the molecule is C[SiH2]CC[SiH](C)CCC(F)(F)OCCC(F)(F)F. The molecule has 1 nitrogen and oxygen atoms in total. The first-order chi connectivity index (χ1) is 8.16. The Balaban J connectivity index is 3.79.